The summed E-state index contributed by atoms with van der Waals surface area (Å²) in [5.41, 5.74) is 6.58. The van der Waals surface area contributed by atoms with Crippen LogP contribution in [-0.4, -0.2) is 16.0 Å². The van der Waals surface area contributed by atoms with Crippen molar-refractivity contribution in [2.45, 2.75) is 12.3 Å². The van der Waals surface area contributed by atoms with Crippen LogP contribution in [0, 0.1) is 0 Å². The predicted molar refractivity (Wildman–Crippen MR) is 69.7 cm³/mol. The number of carbonyl (C=O) groups is 1. The molecule has 0 radical (unpaired) electrons. The molecule has 0 saturated carbocycles. The first kappa shape index (κ1) is 11.0. The summed E-state index contributed by atoms with van der Waals surface area (Å²) in [6.07, 6.45) is 0.345. The molecule has 0 spiro atoms. The van der Waals surface area contributed by atoms with E-state index in [0.29, 0.717) is 17.4 Å². The van der Waals surface area contributed by atoms with Gasteiger partial charge < -0.3 is 16.2 Å². The van der Waals surface area contributed by atoms with Crippen LogP contribution < -0.4 is 11.1 Å². The van der Waals surface area contributed by atoms with E-state index in [9.17, 15) is 9.90 Å². The highest BCUT2D eigenvalue weighted by Gasteiger charge is 2.29. The average molecular weight is 261 g/mol. The van der Waals surface area contributed by atoms with Crippen LogP contribution in [0.2, 0.25) is 0 Å². The van der Waals surface area contributed by atoms with Gasteiger partial charge in [-0.2, -0.15) is 0 Å². The monoisotopic (exact) mass is 261 g/mol. The van der Waals surface area contributed by atoms with Crippen LogP contribution in [0.3, 0.4) is 0 Å². The highest BCUT2D eigenvalue weighted by Crippen LogP contribution is 2.41. The summed E-state index contributed by atoms with van der Waals surface area (Å²) in [5.74, 6) is 0.566. The van der Waals surface area contributed by atoms with Crippen LogP contribution in [0.25, 0.3) is 0 Å². The first-order valence-electron chi connectivity index (χ1n) is 5.48. The fraction of sp³-hybridized carbons (Fsp3) is 0.167. The smallest absolute Gasteiger partial charge is 0.226 e. The van der Waals surface area contributed by atoms with Crippen molar-refractivity contribution in [2.24, 2.45) is 0 Å². The molecule has 0 bridgehead atoms. The maximum absolute atomic E-state index is 11.7. The van der Waals surface area contributed by atoms with Crippen molar-refractivity contribution in [1.82, 2.24) is 4.98 Å². The molecule has 18 heavy (non-hydrogen) atoms. The van der Waals surface area contributed by atoms with Gasteiger partial charge in [0, 0.05) is 12.3 Å². The fourth-order valence-electron chi connectivity index (χ4n) is 2.15. The lowest BCUT2D eigenvalue weighted by Gasteiger charge is -2.21. The quantitative estimate of drug-likeness (QED) is 0.731. The van der Waals surface area contributed by atoms with E-state index < -0.39 is 0 Å². The van der Waals surface area contributed by atoms with E-state index in [4.69, 9.17) is 5.73 Å². The first-order valence-corrected chi connectivity index (χ1v) is 6.30. The molecular weight excluding hydrogens is 250 g/mol. The fourth-order valence-corrected chi connectivity index (χ4v) is 3.06. The number of nitrogen functional groups attached to an aromatic ring is 1. The lowest BCUT2D eigenvalue weighted by atomic mass is 9.91. The van der Waals surface area contributed by atoms with Gasteiger partial charge in [-0.15, -0.1) is 0 Å². The Kier molecular flexibility index (Phi) is 2.45. The molecule has 1 amide bonds. The van der Waals surface area contributed by atoms with Gasteiger partial charge in [0.2, 0.25) is 5.91 Å². The van der Waals surface area contributed by atoms with Gasteiger partial charge in [-0.3, -0.25) is 4.79 Å². The number of phenols is 1. The van der Waals surface area contributed by atoms with E-state index in [2.05, 4.69) is 10.3 Å². The third-order valence-electron chi connectivity index (χ3n) is 2.91. The van der Waals surface area contributed by atoms with E-state index in [1.807, 2.05) is 6.07 Å². The molecule has 0 unspecified atom stereocenters. The zero-order valence-corrected chi connectivity index (χ0v) is 10.2. The van der Waals surface area contributed by atoms with Crippen LogP contribution in [-0.2, 0) is 4.79 Å². The summed E-state index contributed by atoms with van der Waals surface area (Å²) in [6, 6.07) is 6.93. The number of aromatic nitrogens is 1. The number of carbonyl (C=O) groups excluding carboxylic acids is 1. The molecule has 0 saturated heterocycles. The summed E-state index contributed by atoms with van der Waals surface area (Å²) in [4.78, 5) is 16.7. The number of thiazole rings is 1. The zero-order chi connectivity index (χ0) is 12.7. The number of rotatable bonds is 1. The van der Waals surface area contributed by atoms with Crippen molar-refractivity contribution < 1.29 is 9.90 Å². The second-order valence-electron chi connectivity index (χ2n) is 4.16. The Hall–Kier alpha value is -2.08. The summed E-state index contributed by atoms with van der Waals surface area (Å²) < 4.78 is 0. The van der Waals surface area contributed by atoms with Crippen LogP contribution in [0.15, 0.2) is 24.3 Å². The number of aromatic hydroxyl groups is 1. The molecule has 1 aliphatic heterocycles. The van der Waals surface area contributed by atoms with Crippen LogP contribution >= 0.6 is 11.3 Å². The van der Waals surface area contributed by atoms with Crippen LogP contribution in [0.5, 0.6) is 5.75 Å². The van der Waals surface area contributed by atoms with Crippen LogP contribution in [0.1, 0.15) is 22.8 Å². The SMILES string of the molecule is Nc1nc2c(s1)[C@@H](c1cccc(O)c1)CC(=O)N2. The van der Waals surface area contributed by atoms with Crippen molar-refractivity contribution in [3.05, 3.63) is 34.7 Å². The lowest BCUT2D eigenvalue weighted by Crippen LogP contribution is -2.22. The number of anilines is 2. The van der Waals surface area contributed by atoms with Gasteiger partial charge in [-0.1, -0.05) is 23.5 Å². The van der Waals surface area contributed by atoms with E-state index >= 15 is 0 Å². The Labute approximate surface area is 107 Å². The maximum atomic E-state index is 11.7. The number of nitrogens with two attached hydrogens (primary N) is 1. The highest BCUT2D eigenvalue weighted by molar-refractivity contribution is 7.16. The number of nitrogens with zero attached hydrogens (tertiary/aromatic N) is 1. The van der Waals surface area contributed by atoms with Gasteiger partial charge in [0.05, 0.1) is 4.88 Å². The molecule has 2 aromatic rings. The Bertz CT molecular complexity index is 624. The number of amides is 1. The zero-order valence-electron chi connectivity index (χ0n) is 9.38. The summed E-state index contributed by atoms with van der Waals surface area (Å²) >= 11 is 1.37. The molecule has 4 N–H and O–H groups in total. The molecule has 1 aromatic heterocycles. The molecule has 0 aliphatic carbocycles. The molecular formula is C12H11N3O2S. The maximum Gasteiger partial charge on any atom is 0.226 e. The number of fused-ring (bicyclic) bond motifs is 1. The minimum absolute atomic E-state index is 0.0823. The van der Waals surface area contributed by atoms with Gasteiger partial charge in [0.25, 0.3) is 0 Å². The van der Waals surface area contributed by atoms with Crippen molar-refractivity contribution in [3.8, 4) is 5.75 Å². The van der Waals surface area contributed by atoms with E-state index in [1.165, 1.54) is 11.3 Å². The summed E-state index contributed by atoms with van der Waals surface area (Å²) in [6.45, 7) is 0. The normalized spacial score (nSPS) is 18.2. The number of benzene rings is 1. The topological polar surface area (TPSA) is 88.2 Å². The van der Waals surface area contributed by atoms with E-state index in [0.717, 1.165) is 10.4 Å². The van der Waals surface area contributed by atoms with Gasteiger partial charge in [-0.25, -0.2) is 4.98 Å². The molecule has 1 aromatic carbocycles. The number of nitrogens with one attached hydrogen (secondary N) is 1. The van der Waals surface area contributed by atoms with Crippen molar-refractivity contribution >= 4 is 28.2 Å². The second-order valence-corrected chi connectivity index (χ2v) is 5.23. The third kappa shape index (κ3) is 1.80. The largest absolute Gasteiger partial charge is 0.508 e. The Morgan fingerprint density at radius 1 is 1.50 bits per heavy atom. The lowest BCUT2D eigenvalue weighted by molar-refractivity contribution is -0.116. The third-order valence-corrected chi connectivity index (χ3v) is 3.90. The molecule has 0 fully saturated rings. The second kappa shape index (κ2) is 3.99. The van der Waals surface area contributed by atoms with Gasteiger partial charge >= 0.3 is 0 Å². The minimum Gasteiger partial charge on any atom is -0.508 e. The van der Waals surface area contributed by atoms with E-state index in [1.54, 1.807) is 18.2 Å². The Morgan fingerprint density at radius 3 is 3.11 bits per heavy atom. The van der Waals surface area contributed by atoms with Crippen molar-refractivity contribution in [3.63, 3.8) is 0 Å². The highest BCUT2D eigenvalue weighted by atomic mass is 32.1. The van der Waals surface area contributed by atoms with Gasteiger partial charge in [0.15, 0.2) is 5.13 Å². The molecule has 92 valence electrons. The minimum atomic E-state index is -0.0874. The molecule has 2 heterocycles. The van der Waals surface area contributed by atoms with Crippen molar-refractivity contribution in [2.75, 3.05) is 11.1 Å². The van der Waals surface area contributed by atoms with Crippen molar-refractivity contribution in [1.29, 1.82) is 0 Å². The summed E-state index contributed by atoms with van der Waals surface area (Å²) in [5, 5.41) is 12.7. The average Bonchev–Trinajstić information content (AvgIpc) is 2.68. The standard InChI is InChI=1S/C12H11N3O2S/c13-12-15-11-10(18-12)8(5-9(17)14-11)6-2-1-3-7(16)4-6/h1-4,8,16H,5H2,(H2,13,15)(H,14,17)/t8-/m1/s1. The number of hydrogen-bond donors (Lipinski definition) is 3. The van der Waals surface area contributed by atoms with Gasteiger partial charge in [-0.05, 0) is 17.7 Å². The first-order chi connectivity index (χ1) is 8.63. The Morgan fingerprint density at radius 2 is 2.33 bits per heavy atom. The number of phenolic OH excluding ortho intramolecular Hbond substituents is 1. The molecule has 6 heteroatoms. The molecule has 3 rings (SSSR count). The predicted octanol–water partition coefficient (Wildman–Crippen LogP) is 1.91. The number of hydrogen-bond acceptors (Lipinski definition) is 5. The molecule has 1 atom stereocenters. The molecule has 1 aliphatic rings. The summed E-state index contributed by atoms with van der Waals surface area (Å²) in [7, 11) is 0. The van der Waals surface area contributed by atoms with E-state index in [-0.39, 0.29) is 17.6 Å². The van der Waals surface area contributed by atoms with Gasteiger partial charge in [0.1, 0.15) is 11.6 Å². The Balaban J connectivity index is 2.09. The van der Waals surface area contributed by atoms with Crippen LogP contribution in [0.4, 0.5) is 10.9 Å². The molecule has 5 nitrogen and oxygen atoms in total.